The minimum Gasteiger partial charge on any atom is -0.396 e. The van der Waals surface area contributed by atoms with Gasteiger partial charge >= 0.3 is 0 Å². The van der Waals surface area contributed by atoms with Crippen LogP contribution in [0.3, 0.4) is 0 Å². The number of hydrogen-bond acceptors (Lipinski definition) is 2. The first kappa shape index (κ1) is 16.3. The molecular formula is C17H24ClNO2. The third kappa shape index (κ3) is 5.01. The Morgan fingerprint density at radius 1 is 1.24 bits per heavy atom. The molecule has 0 aromatic heterocycles. The smallest absolute Gasteiger partial charge is 0.220 e. The predicted molar refractivity (Wildman–Crippen MR) is 85.3 cm³/mol. The first-order valence-corrected chi connectivity index (χ1v) is 8.19. The van der Waals surface area contributed by atoms with E-state index in [1.807, 2.05) is 24.3 Å². The van der Waals surface area contributed by atoms with Crippen molar-refractivity contribution in [2.75, 3.05) is 13.2 Å². The van der Waals surface area contributed by atoms with Gasteiger partial charge in [0.2, 0.25) is 5.91 Å². The fraction of sp³-hybridized carbons (Fsp3) is 0.588. The van der Waals surface area contributed by atoms with Crippen LogP contribution in [0.15, 0.2) is 24.3 Å². The number of nitrogens with one attached hydrogen (secondary N) is 1. The van der Waals surface area contributed by atoms with Crippen molar-refractivity contribution in [3.63, 3.8) is 0 Å². The minimum absolute atomic E-state index is 0.0668. The van der Waals surface area contributed by atoms with Crippen LogP contribution in [0.25, 0.3) is 0 Å². The topological polar surface area (TPSA) is 49.3 Å². The number of amides is 1. The van der Waals surface area contributed by atoms with Gasteiger partial charge in [-0.1, -0.05) is 42.6 Å². The number of hydrogen-bond donors (Lipinski definition) is 2. The molecule has 4 heteroatoms. The summed E-state index contributed by atoms with van der Waals surface area (Å²) in [5.41, 5.74) is 1.01. The molecule has 2 rings (SSSR count). The Hall–Kier alpha value is -1.06. The summed E-state index contributed by atoms with van der Waals surface area (Å²) in [5, 5.41) is 13.1. The number of carbonyl (C=O) groups is 1. The standard InChI is InChI=1S/C17H24ClNO2/c18-16-8-4-3-5-13(16)9-10-17(21)19-11-14-6-1-2-7-15(14)12-20/h3-5,8,14-15,20H,1-2,6-7,9-12H2,(H,19,21). The van der Waals surface area contributed by atoms with Crippen molar-refractivity contribution < 1.29 is 9.90 Å². The van der Waals surface area contributed by atoms with Gasteiger partial charge in [0.1, 0.15) is 0 Å². The maximum atomic E-state index is 11.9. The molecule has 1 fully saturated rings. The van der Waals surface area contributed by atoms with Crippen molar-refractivity contribution in [1.82, 2.24) is 5.32 Å². The SMILES string of the molecule is O=C(CCc1ccccc1Cl)NCC1CCCCC1CO. The number of aliphatic hydroxyl groups is 1. The molecule has 0 aliphatic heterocycles. The van der Waals surface area contributed by atoms with E-state index in [2.05, 4.69) is 5.32 Å². The van der Waals surface area contributed by atoms with E-state index in [1.54, 1.807) is 0 Å². The maximum absolute atomic E-state index is 11.9. The van der Waals surface area contributed by atoms with Crippen molar-refractivity contribution in [3.8, 4) is 0 Å². The zero-order valence-corrected chi connectivity index (χ0v) is 13.1. The molecule has 2 N–H and O–H groups in total. The van der Waals surface area contributed by atoms with E-state index in [-0.39, 0.29) is 12.5 Å². The molecule has 1 amide bonds. The normalized spacial score (nSPS) is 22.0. The molecule has 1 aromatic carbocycles. The lowest BCUT2D eigenvalue weighted by Gasteiger charge is -2.30. The molecule has 1 aromatic rings. The fourth-order valence-electron chi connectivity index (χ4n) is 3.08. The number of aliphatic hydroxyl groups excluding tert-OH is 1. The van der Waals surface area contributed by atoms with Crippen LogP contribution >= 0.6 is 11.6 Å². The quantitative estimate of drug-likeness (QED) is 0.848. The Morgan fingerprint density at radius 2 is 1.95 bits per heavy atom. The van der Waals surface area contributed by atoms with Crippen molar-refractivity contribution in [2.45, 2.75) is 38.5 Å². The van der Waals surface area contributed by atoms with Gasteiger partial charge in [-0.05, 0) is 42.7 Å². The molecule has 0 radical (unpaired) electrons. The summed E-state index contributed by atoms with van der Waals surface area (Å²) in [7, 11) is 0. The first-order valence-electron chi connectivity index (χ1n) is 7.81. The minimum atomic E-state index is 0.0668. The van der Waals surface area contributed by atoms with Crippen LogP contribution in [0.5, 0.6) is 0 Å². The Bertz CT molecular complexity index is 464. The average molecular weight is 310 g/mol. The molecule has 1 aliphatic rings. The van der Waals surface area contributed by atoms with Crippen LogP contribution in [-0.4, -0.2) is 24.2 Å². The summed E-state index contributed by atoms with van der Waals surface area (Å²) in [6.07, 6.45) is 5.71. The van der Waals surface area contributed by atoms with Crippen LogP contribution in [0.2, 0.25) is 5.02 Å². The van der Waals surface area contributed by atoms with E-state index in [0.717, 1.165) is 23.4 Å². The highest BCUT2D eigenvalue weighted by atomic mass is 35.5. The van der Waals surface area contributed by atoms with Gasteiger partial charge in [-0.15, -0.1) is 0 Å². The van der Waals surface area contributed by atoms with Gasteiger partial charge in [-0.2, -0.15) is 0 Å². The number of benzene rings is 1. The molecule has 1 aliphatic carbocycles. The fourth-order valence-corrected chi connectivity index (χ4v) is 3.31. The average Bonchev–Trinajstić information content (AvgIpc) is 2.52. The predicted octanol–water partition coefficient (Wildman–Crippen LogP) is 3.19. The number of carbonyl (C=O) groups excluding carboxylic acids is 1. The molecular weight excluding hydrogens is 286 g/mol. The van der Waals surface area contributed by atoms with E-state index in [1.165, 1.54) is 12.8 Å². The highest BCUT2D eigenvalue weighted by Gasteiger charge is 2.24. The van der Waals surface area contributed by atoms with Crippen LogP contribution in [0, 0.1) is 11.8 Å². The second-order valence-electron chi connectivity index (χ2n) is 5.88. The van der Waals surface area contributed by atoms with E-state index < -0.39 is 0 Å². The summed E-state index contributed by atoms with van der Waals surface area (Å²) in [5.74, 6) is 0.841. The lowest BCUT2D eigenvalue weighted by atomic mass is 9.79. The number of rotatable bonds is 6. The molecule has 2 unspecified atom stereocenters. The largest absolute Gasteiger partial charge is 0.396 e. The Morgan fingerprint density at radius 3 is 2.67 bits per heavy atom. The Balaban J connectivity index is 1.73. The molecule has 3 nitrogen and oxygen atoms in total. The third-order valence-electron chi connectivity index (χ3n) is 4.44. The van der Waals surface area contributed by atoms with Gasteiger partial charge in [0.05, 0.1) is 0 Å². The second-order valence-corrected chi connectivity index (χ2v) is 6.29. The third-order valence-corrected chi connectivity index (χ3v) is 4.81. The van der Waals surface area contributed by atoms with Crippen LogP contribution < -0.4 is 5.32 Å². The van der Waals surface area contributed by atoms with Gasteiger partial charge < -0.3 is 10.4 Å². The molecule has 0 heterocycles. The summed E-state index contributed by atoms with van der Waals surface area (Å²) in [6.45, 7) is 0.923. The van der Waals surface area contributed by atoms with Crippen molar-refractivity contribution >= 4 is 17.5 Å². The zero-order chi connectivity index (χ0) is 15.1. The van der Waals surface area contributed by atoms with Crippen LogP contribution in [0.4, 0.5) is 0 Å². The first-order chi connectivity index (χ1) is 10.2. The Labute approximate surface area is 131 Å². The molecule has 2 atom stereocenters. The monoisotopic (exact) mass is 309 g/mol. The summed E-state index contributed by atoms with van der Waals surface area (Å²) >= 11 is 6.08. The maximum Gasteiger partial charge on any atom is 0.220 e. The molecule has 116 valence electrons. The molecule has 21 heavy (non-hydrogen) atoms. The van der Waals surface area contributed by atoms with E-state index in [0.29, 0.717) is 31.2 Å². The highest BCUT2D eigenvalue weighted by Crippen LogP contribution is 2.29. The van der Waals surface area contributed by atoms with E-state index >= 15 is 0 Å². The molecule has 1 saturated carbocycles. The van der Waals surface area contributed by atoms with Crippen LogP contribution in [-0.2, 0) is 11.2 Å². The van der Waals surface area contributed by atoms with Crippen LogP contribution in [0.1, 0.15) is 37.7 Å². The van der Waals surface area contributed by atoms with Gasteiger partial charge in [0.25, 0.3) is 0 Å². The van der Waals surface area contributed by atoms with Gasteiger partial charge in [0.15, 0.2) is 0 Å². The number of halogens is 1. The van der Waals surface area contributed by atoms with Gasteiger partial charge in [0, 0.05) is 24.6 Å². The summed E-state index contributed by atoms with van der Waals surface area (Å²) in [6, 6.07) is 7.64. The molecule has 0 bridgehead atoms. The second kappa shape index (κ2) is 8.40. The highest BCUT2D eigenvalue weighted by molar-refractivity contribution is 6.31. The molecule has 0 saturated heterocycles. The van der Waals surface area contributed by atoms with E-state index in [9.17, 15) is 9.90 Å². The van der Waals surface area contributed by atoms with Crippen molar-refractivity contribution in [2.24, 2.45) is 11.8 Å². The van der Waals surface area contributed by atoms with Crippen molar-refractivity contribution in [1.29, 1.82) is 0 Å². The summed E-state index contributed by atoms with van der Waals surface area (Å²) < 4.78 is 0. The zero-order valence-electron chi connectivity index (χ0n) is 12.4. The van der Waals surface area contributed by atoms with Gasteiger partial charge in [-0.3, -0.25) is 4.79 Å². The van der Waals surface area contributed by atoms with E-state index in [4.69, 9.17) is 11.6 Å². The lowest BCUT2D eigenvalue weighted by molar-refractivity contribution is -0.121. The van der Waals surface area contributed by atoms with Crippen molar-refractivity contribution in [3.05, 3.63) is 34.9 Å². The Kier molecular flexibility index (Phi) is 6.52. The lowest BCUT2D eigenvalue weighted by Crippen LogP contribution is -2.35. The summed E-state index contributed by atoms with van der Waals surface area (Å²) in [4.78, 5) is 11.9. The molecule has 0 spiro atoms. The number of aryl methyl sites for hydroxylation is 1. The van der Waals surface area contributed by atoms with Gasteiger partial charge in [-0.25, -0.2) is 0 Å².